The third-order valence-electron chi connectivity index (χ3n) is 2.95. The van der Waals surface area contributed by atoms with Crippen molar-refractivity contribution in [2.75, 3.05) is 6.61 Å². The molecule has 0 saturated carbocycles. The van der Waals surface area contributed by atoms with Gasteiger partial charge in [0.15, 0.2) is 18.6 Å². The molecule has 112 valence electrons. The number of carbonyl (C=O) groups is 2. The number of benzene rings is 1. The van der Waals surface area contributed by atoms with Gasteiger partial charge in [0.1, 0.15) is 11.3 Å². The van der Waals surface area contributed by atoms with Gasteiger partial charge in [-0.3, -0.25) is 4.79 Å². The monoisotopic (exact) mass is 300 g/mol. The van der Waals surface area contributed by atoms with E-state index in [1.54, 1.807) is 30.3 Å². The molecule has 7 heteroatoms. The van der Waals surface area contributed by atoms with E-state index in [1.165, 1.54) is 12.7 Å². The normalized spacial score (nSPS) is 10.5. The summed E-state index contributed by atoms with van der Waals surface area (Å²) >= 11 is 0. The van der Waals surface area contributed by atoms with Crippen LogP contribution in [0.15, 0.2) is 51.8 Å². The Bertz CT molecular complexity index is 791. The fraction of sp³-hybridized carbons (Fsp3) is 0.133. The van der Waals surface area contributed by atoms with Crippen LogP contribution in [0.2, 0.25) is 0 Å². The Balaban J connectivity index is 1.56. The second-order valence-electron chi connectivity index (χ2n) is 4.44. The average Bonchev–Trinajstić information content (AvgIpc) is 3.20. The van der Waals surface area contributed by atoms with E-state index in [0.717, 1.165) is 0 Å². The number of hydrogen-bond donors (Lipinski definition) is 1. The number of ether oxygens (including phenoxy) is 1. The molecule has 3 aromatic rings. The number of esters is 1. The van der Waals surface area contributed by atoms with Crippen molar-refractivity contribution in [2.45, 2.75) is 6.54 Å². The Labute approximate surface area is 124 Å². The van der Waals surface area contributed by atoms with Crippen LogP contribution in [0, 0.1) is 0 Å². The van der Waals surface area contributed by atoms with Gasteiger partial charge in [-0.25, -0.2) is 9.78 Å². The smallest absolute Gasteiger partial charge is 0.340 e. The lowest BCUT2D eigenvalue weighted by atomic mass is 10.2. The number of para-hydroxylation sites is 1. The van der Waals surface area contributed by atoms with Gasteiger partial charge in [0.25, 0.3) is 5.91 Å². The molecule has 0 unspecified atom stereocenters. The maximum absolute atomic E-state index is 12.0. The minimum atomic E-state index is -0.632. The van der Waals surface area contributed by atoms with Crippen LogP contribution in [0.1, 0.15) is 16.1 Å². The number of amides is 1. The Kier molecular flexibility index (Phi) is 3.86. The van der Waals surface area contributed by atoms with E-state index >= 15 is 0 Å². The van der Waals surface area contributed by atoms with Crippen molar-refractivity contribution in [1.82, 2.24) is 10.3 Å². The highest BCUT2D eigenvalue weighted by atomic mass is 16.5. The molecule has 0 aliphatic heterocycles. The Morgan fingerprint density at radius 1 is 1.18 bits per heavy atom. The van der Waals surface area contributed by atoms with Crippen LogP contribution >= 0.6 is 0 Å². The zero-order chi connectivity index (χ0) is 15.4. The third kappa shape index (κ3) is 2.98. The fourth-order valence-electron chi connectivity index (χ4n) is 1.91. The lowest BCUT2D eigenvalue weighted by Gasteiger charge is -2.05. The van der Waals surface area contributed by atoms with Crippen molar-refractivity contribution < 1.29 is 23.2 Å². The molecule has 0 aliphatic rings. The summed E-state index contributed by atoms with van der Waals surface area (Å²) in [5.74, 6) is -0.434. The summed E-state index contributed by atoms with van der Waals surface area (Å²) in [6, 6.07) is 8.36. The minimum absolute atomic E-state index is 0.238. The SMILES string of the molecule is O=C(COC(=O)c1cccc2ocnc12)NCc1ccco1. The molecule has 2 aromatic heterocycles. The second-order valence-corrected chi connectivity index (χ2v) is 4.44. The van der Waals surface area contributed by atoms with E-state index in [1.807, 2.05) is 0 Å². The van der Waals surface area contributed by atoms with Gasteiger partial charge < -0.3 is 18.9 Å². The number of fused-ring (bicyclic) bond motifs is 1. The van der Waals surface area contributed by atoms with Crippen LogP contribution in [0.5, 0.6) is 0 Å². The van der Waals surface area contributed by atoms with Crippen LogP contribution < -0.4 is 5.32 Å². The van der Waals surface area contributed by atoms with E-state index in [9.17, 15) is 9.59 Å². The molecule has 0 radical (unpaired) electrons. The predicted octanol–water partition coefficient (Wildman–Crippen LogP) is 1.89. The van der Waals surface area contributed by atoms with Crippen molar-refractivity contribution in [1.29, 1.82) is 0 Å². The van der Waals surface area contributed by atoms with Crippen LogP contribution in [-0.2, 0) is 16.1 Å². The minimum Gasteiger partial charge on any atom is -0.467 e. The van der Waals surface area contributed by atoms with E-state index in [2.05, 4.69) is 10.3 Å². The molecule has 7 nitrogen and oxygen atoms in total. The topological polar surface area (TPSA) is 94.6 Å². The predicted molar refractivity (Wildman–Crippen MR) is 74.8 cm³/mol. The van der Waals surface area contributed by atoms with E-state index in [0.29, 0.717) is 16.9 Å². The number of nitrogens with zero attached hydrogens (tertiary/aromatic N) is 1. The standard InChI is InChI=1S/C15H12N2O5/c18-13(16-7-10-3-2-6-20-10)8-21-15(19)11-4-1-5-12-14(11)17-9-22-12/h1-6,9H,7-8H2,(H,16,18). The molecule has 0 bridgehead atoms. The highest BCUT2D eigenvalue weighted by Crippen LogP contribution is 2.17. The first-order chi connectivity index (χ1) is 10.7. The van der Waals surface area contributed by atoms with E-state index in [-0.39, 0.29) is 18.7 Å². The first-order valence-corrected chi connectivity index (χ1v) is 6.52. The Hall–Kier alpha value is -3.09. The molecule has 0 fully saturated rings. The molecule has 2 heterocycles. The molecule has 0 atom stereocenters. The summed E-state index contributed by atoms with van der Waals surface area (Å²) in [5, 5.41) is 2.58. The maximum Gasteiger partial charge on any atom is 0.340 e. The molecular weight excluding hydrogens is 288 g/mol. The Morgan fingerprint density at radius 3 is 2.91 bits per heavy atom. The molecular formula is C15H12N2O5. The van der Waals surface area contributed by atoms with Crippen LogP contribution in [0.3, 0.4) is 0 Å². The lowest BCUT2D eigenvalue weighted by molar-refractivity contribution is -0.124. The summed E-state index contributed by atoms with van der Waals surface area (Å²) in [7, 11) is 0. The van der Waals surface area contributed by atoms with Gasteiger partial charge >= 0.3 is 5.97 Å². The average molecular weight is 300 g/mol. The van der Waals surface area contributed by atoms with Gasteiger partial charge in [-0.05, 0) is 24.3 Å². The summed E-state index contributed by atoms with van der Waals surface area (Å²) in [6.07, 6.45) is 2.76. The highest BCUT2D eigenvalue weighted by molar-refractivity contribution is 6.01. The van der Waals surface area contributed by atoms with Gasteiger partial charge in [-0.2, -0.15) is 0 Å². The first kappa shape index (κ1) is 13.9. The molecule has 1 aromatic carbocycles. The van der Waals surface area contributed by atoms with Crippen molar-refractivity contribution >= 4 is 23.0 Å². The number of carbonyl (C=O) groups excluding carboxylic acids is 2. The van der Waals surface area contributed by atoms with Gasteiger partial charge in [0.2, 0.25) is 0 Å². The maximum atomic E-state index is 12.0. The molecule has 22 heavy (non-hydrogen) atoms. The first-order valence-electron chi connectivity index (χ1n) is 6.52. The zero-order valence-corrected chi connectivity index (χ0v) is 11.4. The zero-order valence-electron chi connectivity index (χ0n) is 11.4. The number of rotatable bonds is 5. The summed E-state index contributed by atoms with van der Waals surface area (Å²) in [4.78, 5) is 27.6. The number of furan rings is 1. The Morgan fingerprint density at radius 2 is 2.09 bits per heavy atom. The molecule has 1 N–H and O–H groups in total. The van der Waals surface area contributed by atoms with Gasteiger partial charge in [-0.15, -0.1) is 0 Å². The van der Waals surface area contributed by atoms with Crippen LogP contribution in [0.25, 0.3) is 11.1 Å². The lowest BCUT2D eigenvalue weighted by Crippen LogP contribution is -2.28. The third-order valence-corrected chi connectivity index (χ3v) is 2.95. The van der Waals surface area contributed by atoms with Gasteiger partial charge in [0.05, 0.1) is 18.4 Å². The van der Waals surface area contributed by atoms with Crippen molar-refractivity contribution in [3.8, 4) is 0 Å². The fourth-order valence-corrected chi connectivity index (χ4v) is 1.91. The molecule has 3 rings (SSSR count). The van der Waals surface area contributed by atoms with Crippen molar-refractivity contribution in [3.05, 3.63) is 54.3 Å². The number of aromatic nitrogens is 1. The van der Waals surface area contributed by atoms with Crippen LogP contribution in [0.4, 0.5) is 0 Å². The number of hydrogen-bond acceptors (Lipinski definition) is 6. The second kappa shape index (κ2) is 6.13. The molecule has 0 spiro atoms. The highest BCUT2D eigenvalue weighted by Gasteiger charge is 2.15. The quantitative estimate of drug-likeness (QED) is 0.723. The van der Waals surface area contributed by atoms with Crippen molar-refractivity contribution in [2.24, 2.45) is 0 Å². The summed E-state index contributed by atoms with van der Waals surface area (Å²) < 4.78 is 15.2. The molecule has 0 aliphatic carbocycles. The summed E-state index contributed by atoms with van der Waals surface area (Å²) in [5.41, 5.74) is 1.14. The van der Waals surface area contributed by atoms with Gasteiger partial charge in [-0.1, -0.05) is 6.07 Å². The largest absolute Gasteiger partial charge is 0.467 e. The molecule has 1 amide bonds. The van der Waals surface area contributed by atoms with Crippen molar-refractivity contribution in [3.63, 3.8) is 0 Å². The van der Waals surface area contributed by atoms with E-state index in [4.69, 9.17) is 13.6 Å². The summed E-state index contributed by atoms with van der Waals surface area (Å²) in [6.45, 7) is -0.143. The molecule has 0 saturated heterocycles. The van der Waals surface area contributed by atoms with E-state index < -0.39 is 11.9 Å². The van der Waals surface area contributed by atoms with Crippen LogP contribution in [-0.4, -0.2) is 23.5 Å². The number of oxazole rings is 1. The van der Waals surface area contributed by atoms with Gasteiger partial charge in [0, 0.05) is 0 Å². The number of nitrogens with one attached hydrogen (secondary N) is 1.